The number of hydrogen-bond acceptors (Lipinski definition) is 6. The summed E-state index contributed by atoms with van der Waals surface area (Å²) in [6, 6.07) is 2.36. The lowest BCUT2D eigenvalue weighted by atomic mass is 10.2. The van der Waals surface area contributed by atoms with Crippen LogP contribution in [0.1, 0.15) is 6.42 Å². The highest BCUT2D eigenvalue weighted by Gasteiger charge is 2.28. The molecule has 103 valence electrons. The van der Waals surface area contributed by atoms with Crippen LogP contribution in [0, 0.1) is 17.0 Å². The third-order valence-corrected chi connectivity index (χ3v) is 4.81. The smallest absolute Gasteiger partial charge is 0.294 e. The lowest BCUT2D eigenvalue weighted by Gasteiger charge is -2.25. The Morgan fingerprint density at radius 1 is 1.58 bits per heavy atom. The fourth-order valence-electron chi connectivity index (χ4n) is 1.74. The Labute approximate surface area is 114 Å². The summed E-state index contributed by atoms with van der Waals surface area (Å²) in [4.78, 5) is 10.7. The average Bonchev–Trinajstić information content (AvgIpc) is 2.35. The SMILES string of the molecule is [CH2]C[C@@H]1CSc2cc(S(N)(=O)=O)cc([N+](=O)[O-])c2N1. The van der Waals surface area contributed by atoms with Crippen LogP contribution in [0.15, 0.2) is 21.9 Å². The molecule has 9 heteroatoms. The number of nitrogens with zero attached hydrogens (tertiary/aromatic N) is 1. The highest BCUT2D eigenvalue weighted by Crippen LogP contribution is 2.41. The van der Waals surface area contributed by atoms with Crippen molar-refractivity contribution in [2.75, 3.05) is 11.1 Å². The zero-order chi connectivity index (χ0) is 14.2. The zero-order valence-corrected chi connectivity index (χ0v) is 11.5. The number of fused-ring (bicyclic) bond motifs is 1. The van der Waals surface area contributed by atoms with Crippen LogP contribution < -0.4 is 10.5 Å². The van der Waals surface area contributed by atoms with Crippen molar-refractivity contribution >= 4 is 33.2 Å². The van der Waals surface area contributed by atoms with Gasteiger partial charge in [0.1, 0.15) is 5.69 Å². The van der Waals surface area contributed by atoms with Crippen molar-refractivity contribution in [1.82, 2.24) is 0 Å². The van der Waals surface area contributed by atoms with Crippen molar-refractivity contribution in [3.05, 3.63) is 29.2 Å². The standard InChI is InChI=1S/C10H12N3O4S2/c1-2-6-5-18-9-4-7(19(11,16)17)3-8(13(14)15)10(9)12-6/h3-4,6,12H,1-2,5H2,(H2,11,16,17)/t6-/m1/s1. The number of thioether (sulfide) groups is 1. The molecule has 2 rings (SSSR count). The van der Waals surface area contributed by atoms with E-state index in [0.717, 1.165) is 6.07 Å². The summed E-state index contributed by atoms with van der Waals surface area (Å²) in [6.07, 6.45) is 0.584. The highest BCUT2D eigenvalue weighted by atomic mass is 32.2. The number of nitrogens with one attached hydrogen (secondary N) is 1. The second-order valence-corrected chi connectivity index (χ2v) is 6.68. The Kier molecular flexibility index (Phi) is 3.70. The fraction of sp³-hybridized carbons (Fsp3) is 0.300. The molecule has 0 aromatic heterocycles. The van der Waals surface area contributed by atoms with Crippen LogP contribution in [0.3, 0.4) is 0 Å². The summed E-state index contributed by atoms with van der Waals surface area (Å²) in [5.41, 5.74) is 0.0504. The molecule has 0 bridgehead atoms. The molecule has 3 N–H and O–H groups in total. The molecule has 1 atom stereocenters. The molecule has 0 amide bonds. The van der Waals surface area contributed by atoms with Crippen LogP contribution in [-0.4, -0.2) is 25.1 Å². The third kappa shape index (κ3) is 2.82. The predicted molar refractivity (Wildman–Crippen MR) is 72.6 cm³/mol. The van der Waals surface area contributed by atoms with E-state index in [-0.39, 0.29) is 16.6 Å². The molecular formula is C10H12N3O4S2. The third-order valence-electron chi connectivity index (χ3n) is 2.72. The van der Waals surface area contributed by atoms with E-state index in [2.05, 4.69) is 12.2 Å². The van der Waals surface area contributed by atoms with Gasteiger partial charge < -0.3 is 5.32 Å². The van der Waals surface area contributed by atoms with Gasteiger partial charge >= 0.3 is 0 Å². The first-order valence-electron chi connectivity index (χ1n) is 5.36. The number of rotatable bonds is 3. The maximum Gasteiger partial charge on any atom is 0.294 e. The average molecular weight is 302 g/mol. The van der Waals surface area contributed by atoms with E-state index >= 15 is 0 Å². The van der Waals surface area contributed by atoms with Crippen LogP contribution in [0.2, 0.25) is 0 Å². The summed E-state index contributed by atoms with van der Waals surface area (Å²) in [5, 5.41) is 19.1. The molecule has 1 aliphatic rings. The molecule has 1 aliphatic heterocycles. The maximum absolute atomic E-state index is 11.3. The Morgan fingerprint density at radius 2 is 2.26 bits per heavy atom. The van der Waals surface area contributed by atoms with Gasteiger partial charge in [-0.15, -0.1) is 11.8 Å². The predicted octanol–water partition coefficient (Wildman–Crippen LogP) is 1.35. The van der Waals surface area contributed by atoms with E-state index in [1.165, 1.54) is 17.8 Å². The normalized spacial score (nSPS) is 18.5. The van der Waals surface area contributed by atoms with E-state index in [0.29, 0.717) is 22.8 Å². The highest BCUT2D eigenvalue weighted by molar-refractivity contribution is 7.99. The number of sulfonamides is 1. The van der Waals surface area contributed by atoms with E-state index in [4.69, 9.17) is 5.14 Å². The molecule has 0 aliphatic carbocycles. The Hall–Kier alpha value is -1.32. The van der Waals surface area contributed by atoms with Crippen LogP contribution in [0.4, 0.5) is 11.4 Å². The summed E-state index contributed by atoms with van der Waals surface area (Å²) < 4.78 is 22.7. The number of nitrogens with two attached hydrogens (primary N) is 1. The largest absolute Gasteiger partial charge is 0.375 e. The van der Waals surface area contributed by atoms with Crippen LogP contribution >= 0.6 is 11.8 Å². The Morgan fingerprint density at radius 3 is 2.79 bits per heavy atom. The van der Waals surface area contributed by atoms with Gasteiger partial charge in [-0.25, -0.2) is 13.6 Å². The minimum absolute atomic E-state index is 0.0246. The summed E-state index contributed by atoms with van der Waals surface area (Å²) in [7, 11) is -3.97. The molecular weight excluding hydrogens is 290 g/mol. The number of primary sulfonamides is 1. The van der Waals surface area contributed by atoms with Gasteiger partial charge in [0.15, 0.2) is 0 Å². The summed E-state index contributed by atoms with van der Waals surface area (Å²) in [6.45, 7) is 3.75. The molecule has 1 heterocycles. The van der Waals surface area contributed by atoms with Crippen molar-refractivity contribution in [1.29, 1.82) is 0 Å². The first kappa shape index (κ1) is 14.1. The van der Waals surface area contributed by atoms with E-state index in [1.54, 1.807) is 0 Å². The Balaban J connectivity index is 2.60. The van der Waals surface area contributed by atoms with Gasteiger partial charge in [-0.2, -0.15) is 0 Å². The summed E-state index contributed by atoms with van der Waals surface area (Å²) in [5.74, 6) is 0.668. The quantitative estimate of drug-likeness (QED) is 0.643. The van der Waals surface area contributed by atoms with E-state index in [9.17, 15) is 18.5 Å². The van der Waals surface area contributed by atoms with Gasteiger partial charge in [0.2, 0.25) is 10.0 Å². The molecule has 1 aromatic rings. The van der Waals surface area contributed by atoms with Crippen LogP contribution in [0.5, 0.6) is 0 Å². The molecule has 1 aromatic carbocycles. The molecule has 0 spiro atoms. The van der Waals surface area contributed by atoms with E-state index < -0.39 is 14.9 Å². The second kappa shape index (κ2) is 4.99. The lowest BCUT2D eigenvalue weighted by molar-refractivity contribution is -0.384. The van der Waals surface area contributed by atoms with Gasteiger partial charge in [-0.05, 0) is 12.5 Å². The number of nitro benzene ring substituents is 1. The molecule has 0 fully saturated rings. The van der Waals surface area contributed by atoms with Crippen LogP contribution in [0.25, 0.3) is 0 Å². The first-order valence-corrected chi connectivity index (χ1v) is 7.90. The topological polar surface area (TPSA) is 115 Å². The number of nitro groups is 1. The van der Waals surface area contributed by atoms with Gasteiger partial charge in [-0.1, -0.05) is 6.92 Å². The van der Waals surface area contributed by atoms with Gasteiger partial charge in [0, 0.05) is 22.8 Å². The van der Waals surface area contributed by atoms with Crippen molar-refractivity contribution < 1.29 is 13.3 Å². The van der Waals surface area contributed by atoms with Gasteiger partial charge in [-0.3, -0.25) is 10.1 Å². The van der Waals surface area contributed by atoms with Crippen molar-refractivity contribution in [3.63, 3.8) is 0 Å². The number of benzene rings is 1. The summed E-state index contributed by atoms with van der Waals surface area (Å²) >= 11 is 1.36. The number of hydrogen-bond donors (Lipinski definition) is 2. The first-order chi connectivity index (χ1) is 8.82. The lowest BCUT2D eigenvalue weighted by Crippen LogP contribution is -2.26. The minimum Gasteiger partial charge on any atom is -0.375 e. The second-order valence-electron chi connectivity index (χ2n) is 4.06. The Bertz CT molecular complexity index is 630. The molecule has 0 unspecified atom stereocenters. The minimum atomic E-state index is -3.97. The van der Waals surface area contributed by atoms with Crippen molar-refractivity contribution in [2.45, 2.75) is 22.3 Å². The molecule has 0 saturated carbocycles. The molecule has 0 saturated heterocycles. The number of anilines is 1. The van der Waals surface area contributed by atoms with Crippen molar-refractivity contribution in [3.8, 4) is 0 Å². The van der Waals surface area contributed by atoms with Gasteiger partial charge in [0.05, 0.1) is 9.82 Å². The van der Waals surface area contributed by atoms with Gasteiger partial charge in [0.25, 0.3) is 5.69 Å². The van der Waals surface area contributed by atoms with Crippen LogP contribution in [-0.2, 0) is 10.0 Å². The maximum atomic E-state index is 11.3. The molecule has 7 nitrogen and oxygen atoms in total. The monoisotopic (exact) mass is 302 g/mol. The van der Waals surface area contributed by atoms with E-state index in [1.807, 2.05) is 0 Å². The van der Waals surface area contributed by atoms with Crippen molar-refractivity contribution in [2.24, 2.45) is 5.14 Å². The zero-order valence-electron chi connectivity index (χ0n) is 9.83. The molecule has 1 radical (unpaired) electrons. The molecule has 19 heavy (non-hydrogen) atoms. The fourth-order valence-corrected chi connectivity index (χ4v) is 3.52.